The zero-order valence-corrected chi connectivity index (χ0v) is 11.1. The maximum absolute atomic E-state index is 12.2. The second-order valence-electron chi connectivity index (χ2n) is 5.14. The molecule has 0 aliphatic carbocycles. The molecule has 0 amide bonds. The van der Waals surface area contributed by atoms with Crippen LogP contribution in [0.15, 0.2) is 42.5 Å². The van der Waals surface area contributed by atoms with E-state index in [1.807, 2.05) is 37.3 Å². The van der Waals surface area contributed by atoms with Crippen molar-refractivity contribution in [1.82, 2.24) is 0 Å². The van der Waals surface area contributed by atoms with Crippen LogP contribution in [0.3, 0.4) is 0 Å². The van der Waals surface area contributed by atoms with Gasteiger partial charge in [-0.05, 0) is 37.1 Å². The van der Waals surface area contributed by atoms with E-state index in [0.717, 1.165) is 11.1 Å². The number of rotatable bonds is 1. The van der Waals surface area contributed by atoms with E-state index in [1.165, 1.54) is 5.56 Å². The second kappa shape index (κ2) is 4.54. The number of fused-ring (bicyclic) bond motifs is 1. The molecule has 0 saturated heterocycles. The molecular weight excluding hydrogens is 236 g/mol. The lowest BCUT2D eigenvalue weighted by Gasteiger charge is -2.25. The van der Waals surface area contributed by atoms with Crippen LogP contribution in [-0.2, 0) is 0 Å². The van der Waals surface area contributed by atoms with Gasteiger partial charge < -0.3 is 4.74 Å². The van der Waals surface area contributed by atoms with Gasteiger partial charge in [-0.15, -0.1) is 0 Å². The predicted octanol–water partition coefficient (Wildman–Crippen LogP) is 4.01. The third kappa shape index (κ3) is 2.26. The van der Waals surface area contributed by atoms with Gasteiger partial charge >= 0.3 is 0 Å². The van der Waals surface area contributed by atoms with E-state index in [0.29, 0.717) is 17.7 Å². The Balaban J connectivity index is 1.96. The SMILES string of the molecule is Cc1ccc([C@@H]2CC(=O)c3ccc(C)cc3O2)cc1. The van der Waals surface area contributed by atoms with Crippen LogP contribution in [0, 0.1) is 13.8 Å². The van der Waals surface area contributed by atoms with Crippen molar-refractivity contribution >= 4 is 5.78 Å². The number of ketones is 1. The molecule has 2 nitrogen and oxygen atoms in total. The summed E-state index contributed by atoms with van der Waals surface area (Å²) in [6, 6.07) is 13.9. The molecule has 1 atom stereocenters. The fourth-order valence-electron chi connectivity index (χ4n) is 2.40. The number of carbonyl (C=O) groups is 1. The van der Waals surface area contributed by atoms with Gasteiger partial charge in [0.2, 0.25) is 0 Å². The third-order valence-corrected chi connectivity index (χ3v) is 3.53. The predicted molar refractivity (Wildman–Crippen MR) is 74.7 cm³/mol. The molecule has 0 unspecified atom stereocenters. The van der Waals surface area contributed by atoms with Crippen LogP contribution in [-0.4, -0.2) is 5.78 Å². The molecule has 96 valence electrons. The summed E-state index contributed by atoms with van der Waals surface area (Å²) in [6.07, 6.45) is 0.251. The van der Waals surface area contributed by atoms with Gasteiger partial charge in [-0.2, -0.15) is 0 Å². The lowest BCUT2D eigenvalue weighted by atomic mass is 9.95. The number of hydrogen-bond donors (Lipinski definition) is 0. The van der Waals surface area contributed by atoms with Crippen LogP contribution in [0.5, 0.6) is 5.75 Å². The van der Waals surface area contributed by atoms with Gasteiger partial charge in [0.15, 0.2) is 5.78 Å². The Kier molecular flexibility index (Phi) is 2.86. The maximum atomic E-state index is 12.2. The molecule has 0 radical (unpaired) electrons. The summed E-state index contributed by atoms with van der Waals surface area (Å²) in [5.41, 5.74) is 4.08. The van der Waals surface area contributed by atoms with Crippen LogP contribution >= 0.6 is 0 Å². The molecule has 1 aliphatic heterocycles. The van der Waals surface area contributed by atoms with Gasteiger partial charge in [-0.25, -0.2) is 0 Å². The molecule has 19 heavy (non-hydrogen) atoms. The maximum Gasteiger partial charge on any atom is 0.170 e. The lowest BCUT2D eigenvalue weighted by molar-refractivity contribution is 0.0850. The molecule has 0 bridgehead atoms. The zero-order chi connectivity index (χ0) is 13.4. The molecule has 1 heterocycles. The van der Waals surface area contributed by atoms with Crippen LogP contribution in [0.2, 0.25) is 0 Å². The Labute approximate surface area is 113 Å². The first-order valence-electron chi connectivity index (χ1n) is 6.50. The van der Waals surface area contributed by atoms with Crippen LogP contribution < -0.4 is 4.74 Å². The molecule has 0 saturated carbocycles. The average Bonchev–Trinajstić information content (AvgIpc) is 2.38. The average molecular weight is 252 g/mol. The number of benzene rings is 2. The Morgan fingerprint density at radius 3 is 2.42 bits per heavy atom. The van der Waals surface area contributed by atoms with Crippen LogP contribution in [0.25, 0.3) is 0 Å². The molecule has 0 fully saturated rings. The minimum absolute atomic E-state index is 0.159. The van der Waals surface area contributed by atoms with Crippen molar-refractivity contribution in [2.75, 3.05) is 0 Å². The quantitative estimate of drug-likeness (QED) is 0.766. The first kappa shape index (κ1) is 12.0. The van der Waals surface area contributed by atoms with Crippen molar-refractivity contribution in [3.05, 3.63) is 64.7 Å². The lowest BCUT2D eigenvalue weighted by Crippen LogP contribution is -2.20. The number of aryl methyl sites for hydroxylation is 2. The van der Waals surface area contributed by atoms with Crippen molar-refractivity contribution in [1.29, 1.82) is 0 Å². The highest BCUT2D eigenvalue weighted by atomic mass is 16.5. The topological polar surface area (TPSA) is 26.3 Å². The number of carbonyl (C=O) groups excluding carboxylic acids is 1. The summed E-state index contributed by atoms with van der Waals surface area (Å²) in [7, 11) is 0. The highest BCUT2D eigenvalue weighted by Gasteiger charge is 2.27. The van der Waals surface area contributed by atoms with E-state index in [9.17, 15) is 4.79 Å². The van der Waals surface area contributed by atoms with Crippen molar-refractivity contribution in [3.8, 4) is 5.75 Å². The second-order valence-corrected chi connectivity index (χ2v) is 5.14. The van der Waals surface area contributed by atoms with E-state index in [4.69, 9.17) is 4.74 Å². The summed E-state index contributed by atoms with van der Waals surface area (Å²) in [4.78, 5) is 12.2. The minimum atomic E-state index is -0.164. The number of hydrogen-bond acceptors (Lipinski definition) is 2. The van der Waals surface area contributed by atoms with Crippen LogP contribution in [0.4, 0.5) is 0 Å². The summed E-state index contributed by atoms with van der Waals surface area (Å²) in [6.45, 7) is 4.05. The van der Waals surface area contributed by atoms with Gasteiger partial charge in [0.25, 0.3) is 0 Å². The third-order valence-electron chi connectivity index (χ3n) is 3.53. The van der Waals surface area contributed by atoms with Crippen molar-refractivity contribution in [2.45, 2.75) is 26.4 Å². The van der Waals surface area contributed by atoms with E-state index >= 15 is 0 Å². The summed E-state index contributed by atoms with van der Waals surface area (Å²) in [5, 5.41) is 0. The molecule has 3 rings (SSSR count). The van der Waals surface area contributed by atoms with Gasteiger partial charge in [-0.3, -0.25) is 4.79 Å². The van der Waals surface area contributed by atoms with Gasteiger partial charge in [0.05, 0.1) is 12.0 Å². The molecule has 2 aromatic carbocycles. The highest BCUT2D eigenvalue weighted by molar-refractivity contribution is 6.00. The largest absolute Gasteiger partial charge is 0.484 e. The molecule has 0 N–H and O–H groups in total. The van der Waals surface area contributed by atoms with E-state index in [1.54, 1.807) is 0 Å². The van der Waals surface area contributed by atoms with Crippen molar-refractivity contribution in [2.24, 2.45) is 0 Å². The molecule has 0 aromatic heterocycles. The first-order chi connectivity index (χ1) is 9.13. The Morgan fingerprint density at radius 1 is 1.00 bits per heavy atom. The number of Topliss-reactive ketones (excluding diaryl/α,β-unsaturated/α-hetero) is 1. The highest BCUT2D eigenvalue weighted by Crippen LogP contribution is 2.35. The fraction of sp³-hybridized carbons (Fsp3) is 0.235. The zero-order valence-electron chi connectivity index (χ0n) is 11.1. The molecule has 2 aromatic rings. The van der Waals surface area contributed by atoms with Crippen molar-refractivity contribution < 1.29 is 9.53 Å². The Morgan fingerprint density at radius 2 is 1.68 bits per heavy atom. The minimum Gasteiger partial charge on any atom is -0.484 e. The standard InChI is InChI=1S/C17H16O2/c1-11-3-6-13(7-4-11)16-10-15(18)14-8-5-12(2)9-17(14)19-16/h3-9,16H,10H2,1-2H3/t16-/m0/s1. The first-order valence-corrected chi connectivity index (χ1v) is 6.50. The normalized spacial score (nSPS) is 17.8. The molecular formula is C17H16O2. The van der Waals surface area contributed by atoms with Crippen molar-refractivity contribution in [3.63, 3.8) is 0 Å². The summed E-state index contributed by atoms with van der Waals surface area (Å²) in [5.74, 6) is 0.869. The van der Waals surface area contributed by atoms with Gasteiger partial charge in [0, 0.05) is 0 Å². The summed E-state index contributed by atoms with van der Waals surface area (Å²) < 4.78 is 5.99. The van der Waals surface area contributed by atoms with E-state index in [-0.39, 0.29) is 11.9 Å². The fourth-order valence-corrected chi connectivity index (χ4v) is 2.40. The van der Waals surface area contributed by atoms with E-state index < -0.39 is 0 Å². The van der Waals surface area contributed by atoms with Gasteiger partial charge in [0.1, 0.15) is 11.9 Å². The van der Waals surface area contributed by atoms with Gasteiger partial charge in [-0.1, -0.05) is 35.9 Å². The molecule has 1 aliphatic rings. The van der Waals surface area contributed by atoms with E-state index in [2.05, 4.69) is 19.1 Å². The monoisotopic (exact) mass is 252 g/mol. The smallest absolute Gasteiger partial charge is 0.170 e. The summed E-state index contributed by atoms with van der Waals surface area (Å²) >= 11 is 0. The Bertz CT molecular complexity index is 626. The molecule has 2 heteroatoms. The van der Waals surface area contributed by atoms with Crippen LogP contribution in [0.1, 0.15) is 39.6 Å². The number of ether oxygens (including phenoxy) is 1. The molecule has 0 spiro atoms. The Hall–Kier alpha value is -2.09.